The first-order valence-electron chi connectivity index (χ1n) is 8.30. The molecular formula is C17H23BrN2O. The van der Waals surface area contributed by atoms with Gasteiger partial charge in [0.2, 0.25) is 0 Å². The van der Waals surface area contributed by atoms with Gasteiger partial charge in [-0.1, -0.05) is 6.42 Å². The summed E-state index contributed by atoms with van der Waals surface area (Å²) in [5.74, 6) is 2.58. The third kappa shape index (κ3) is 2.56. The maximum absolute atomic E-state index is 12.6. The van der Waals surface area contributed by atoms with Crippen LogP contribution in [0.15, 0.2) is 16.7 Å². The molecule has 2 bridgehead atoms. The van der Waals surface area contributed by atoms with Crippen molar-refractivity contribution in [1.29, 1.82) is 0 Å². The lowest BCUT2D eigenvalue weighted by molar-refractivity contribution is 0.0905. The largest absolute Gasteiger partial charge is 0.348 e. The Labute approximate surface area is 134 Å². The molecule has 3 saturated carbocycles. The predicted molar refractivity (Wildman–Crippen MR) is 86.3 cm³/mol. The Morgan fingerprint density at radius 1 is 1.33 bits per heavy atom. The van der Waals surface area contributed by atoms with Crippen molar-refractivity contribution in [1.82, 2.24) is 9.88 Å². The van der Waals surface area contributed by atoms with E-state index in [0.29, 0.717) is 18.0 Å². The highest BCUT2D eigenvalue weighted by molar-refractivity contribution is 9.10. The summed E-state index contributed by atoms with van der Waals surface area (Å²) in [6.45, 7) is 2.20. The fraction of sp³-hybridized carbons (Fsp3) is 0.706. The third-order valence-corrected chi connectivity index (χ3v) is 6.22. The van der Waals surface area contributed by atoms with E-state index in [9.17, 15) is 4.79 Å². The first-order chi connectivity index (χ1) is 10.1. The summed E-state index contributed by atoms with van der Waals surface area (Å²) in [6, 6.07) is 2.80. The molecule has 0 radical (unpaired) electrons. The lowest BCUT2D eigenvalue weighted by Gasteiger charge is -2.28. The van der Waals surface area contributed by atoms with Crippen molar-refractivity contribution < 1.29 is 4.79 Å². The van der Waals surface area contributed by atoms with Crippen LogP contribution < -0.4 is 5.32 Å². The average Bonchev–Trinajstić information content (AvgIpc) is 2.91. The van der Waals surface area contributed by atoms with E-state index < -0.39 is 0 Å². The van der Waals surface area contributed by atoms with E-state index in [1.807, 2.05) is 6.07 Å². The quantitative estimate of drug-likeness (QED) is 0.869. The number of aromatic nitrogens is 1. The summed E-state index contributed by atoms with van der Waals surface area (Å²) < 4.78 is 3.15. The molecule has 4 rings (SSSR count). The van der Waals surface area contributed by atoms with Gasteiger partial charge >= 0.3 is 0 Å². The molecule has 4 heteroatoms. The number of fused-ring (bicyclic) bond motifs is 2. The van der Waals surface area contributed by atoms with Crippen molar-refractivity contribution in [3.63, 3.8) is 0 Å². The number of rotatable bonds is 4. The van der Waals surface area contributed by atoms with Crippen LogP contribution in [0.25, 0.3) is 0 Å². The minimum atomic E-state index is 0.0999. The molecular weight excluding hydrogens is 328 g/mol. The third-order valence-electron chi connectivity index (χ3n) is 5.78. The zero-order chi connectivity index (χ0) is 14.6. The number of hydrogen-bond donors (Lipinski definition) is 1. The minimum absolute atomic E-state index is 0.0999. The molecule has 1 amide bonds. The molecule has 1 N–H and O–H groups in total. The number of amides is 1. The molecule has 0 aliphatic heterocycles. The second-order valence-electron chi connectivity index (χ2n) is 7.28. The van der Waals surface area contributed by atoms with Gasteiger partial charge in [0, 0.05) is 22.8 Å². The van der Waals surface area contributed by atoms with Crippen LogP contribution in [0.4, 0.5) is 0 Å². The van der Waals surface area contributed by atoms with Crippen molar-refractivity contribution in [3.05, 3.63) is 22.4 Å². The highest BCUT2D eigenvalue weighted by atomic mass is 79.9. The van der Waals surface area contributed by atoms with Crippen LogP contribution in [0.3, 0.4) is 0 Å². The molecule has 0 spiro atoms. The number of carbonyl (C=O) groups is 1. The van der Waals surface area contributed by atoms with E-state index in [1.165, 1.54) is 38.5 Å². The van der Waals surface area contributed by atoms with Crippen LogP contribution in [0.1, 0.15) is 62.0 Å². The van der Waals surface area contributed by atoms with E-state index in [4.69, 9.17) is 0 Å². The van der Waals surface area contributed by atoms with Crippen molar-refractivity contribution in [2.24, 2.45) is 17.8 Å². The fourth-order valence-corrected chi connectivity index (χ4v) is 5.01. The molecule has 3 nitrogen and oxygen atoms in total. The molecule has 3 fully saturated rings. The number of halogens is 1. The number of carbonyl (C=O) groups excluding carboxylic acids is 1. The zero-order valence-electron chi connectivity index (χ0n) is 12.5. The van der Waals surface area contributed by atoms with Crippen molar-refractivity contribution in [3.8, 4) is 0 Å². The topological polar surface area (TPSA) is 34.0 Å². The van der Waals surface area contributed by atoms with Gasteiger partial charge in [-0.15, -0.1) is 0 Å². The number of hydrogen-bond acceptors (Lipinski definition) is 1. The summed E-state index contributed by atoms with van der Waals surface area (Å²) in [5, 5.41) is 3.28. The molecule has 1 aromatic rings. The highest BCUT2D eigenvalue weighted by Crippen LogP contribution is 2.49. The Balaban J connectivity index is 1.45. The second kappa shape index (κ2) is 5.15. The second-order valence-corrected chi connectivity index (χ2v) is 8.20. The SMILES string of the molecule is CC(NC(=O)c1cc(Br)cn1C1CC1)C1CC2CCC1C2. The summed E-state index contributed by atoms with van der Waals surface area (Å²) in [5.41, 5.74) is 0.819. The Kier molecular flexibility index (Phi) is 3.40. The van der Waals surface area contributed by atoms with Gasteiger partial charge in [0.15, 0.2) is 0 Å². The standard InChI is InChI=1S/C17H23BrN2O/c1-10(15-7-11-2-3-12(15)6-11)19-17(21)16-8-13(18)9-20(16)14-4-5-14/h8-12,14-15H,2-7H2,1H3,(H,19,21). The number of nitrogens with one attached hydrogen (secondary N) is 1. The predicted octanol–water partition coefficient (Wildman–Crippen LogP) is 4.14. The Bertz CT molecular complexity index is 563. The molecule has 21 heavy (non-hydrogen) atoms. The fourth-order valence-electron chi connectivity index (χ4n) is 4.58. The van der Waals surface area contributed by atoms with Gasteiger partial charge in [0.1, 0.15) is 5.69 Å². The minimum Gasteiger partial charge on any atom is -0.348 e. The summed E-state index contributed by atoms with van der Waals surface area (Å²) in [4.78, 5) is 12.6. The van der Waals surface area contributed by atoms with E-state index in [-0.39, 0.29) is 5.91 Å². The number of nitrogens with zero attached hydrogens (tertiary/aromatic N) is 1. The molecule has 114 valence electrons. The normalized spacial score (nSPS) is 32.4. The van der Waals surface area contributed by atoms with Crippen LogP contribution in [0.2, 0.25) is 0 Å². The van der Waals surface area contributed by atoms with E-state index in [1.54, 1.807) is 0 Å². The maximum atomic E-state index is 12.6. The lowest BCUT2D eigenvalue weighted by atomic mass is 9.84. The van der Waals surface area contributed by atoms with E-state index in [0.717, 1.165) is 22.0 Å². The molecule has 3 aliphatic carbocycles. The molecule has 1 heterocycles. The van der Waals surface area contributed by atoms with Crippen molar-refractivity contribution in [2.75, 3.05) is 0 Å². The van der Waals surface area contributed by atoms with Crippen LogP contribution in [-0.4, -0.2) is 16.5 Å². The summed E-state index contributed by atoms with van der Waals surface area (Å²) in [7, 11) is 0. The van der Waals surface area contributed by atoms with Crippen LogP contribution in [0.5, 0.6) is 0 Å². The van der Waals surface area contributed by atoms with Crippen molar-refractivity contribution >= 4 is 21.8 Å². The van der Waals surface area contributed by atoms with Crippen LogP contribution >= 0.6 is 15.9 Å². The van der Waals surface area contributed by atoms with E-state index >= 15 is 0 Å². The first-order valence-corrected chi connectivity index (χ1v) is 9.09. The Morgan fingerprint density at radius 3 is 2.76 bits per heavy atom. The maximum Gasteiger partial charge on any atom is 0.268 e. The van der Waals surface area contributed by atoms with Crippen LogP contribution in [0, 0.1) is 17.8 Å². The first kappa shape index (κ1) is 13.9. The zero-order valence-corrected chi connectivity index (χ0v) is 14.1. The van der Waals surface area contributed by atoms with E-state index in [2.05, 4.69) is 38.9 Å². The highest BCUT2D eigenvalue weighted by Gasteiger charge is 2.42. The summed E-state index contributed by atoms with van der Waals surface area (Å²) in [6.07, 6.45) is 9.95. The van der Waals surface area contributed by atoms with Gasteiger partial charge in [0.25, 0.3) is 5.91 Å². The molecule has 0 aromatic carbocycles. The molecule has 1 aromatic heterocycles. The average molecular weight is 351 g/mol. The molecule has 4 unspecified atom stereocenters. The van der Waals surface area contributed by atoms with Gasteiger partial charge in [-0.3, -0.25) is 4.79 Å². The van der Waals surface area contributed by atoms with Crippen LogP contribution in [-0.2, 0) is 0 Å². The molecule has 0 saturated heterocycles. The van der Waals surface area contributed by atoms with Gasteiger partial charge in [0.05, 0.1) is 0 Å². The smallest absolute Gasteiger partial charge is 0.268 e. The van der Waals surface area contributed by atoms with Gasteiger partial charge in [-0.25, -0.2) is 0 Å². The van der Waals surface area contributed by atoms with Crippen molar-refractivity contribution in [2.45, 2.75) is 57.5 Å². The monoisotopic (exact) mass is 350 g/mol. The molecule has 4 atom stereocenters. The Hall–Kier alpha value is -0.770. The molecule has 3 aliphatic rings. The Morgan fingerprint density at radius 2 is 2.14 bits per heavy atom. The lowest BCUT2D eigenvalue weighted by Crippen LogP contribution is -2.40. The van der Waals surface area contributed by atoms with Gasteiger partial charge in [-0.05, 0) is 78.8 Å². The summed E-state index contributed by atoms with van der Waals surface area (Å²) >= 11 is 3.51. The van der Waals surface area contributed by atoms with Gasteiger partial charge < -0.3 is 9.88 Å². The van der Waals surface area contributed by atoms with Gasteiger partial charge in [-0.2, -0.15) is 0 Å².